The van der Waals surface area contributed by atoms with E-state index in [4.69, 9.17) is 4.74 Å². The summed E-state index contributed by atoms with van der Waals surface area (Å²) in [5.74, 6) is -0.942. The Morgan fingerprint density at radius 3 is 2.20 bits per heavy atom. The van der Waals surface area contributed by atoms with Crippen LogP contribution in [0.4, 0.5) is 5.69 Å². The van der Waals surface area contributed by atoms with Crippen molar-refractivity contribution in [3.8, 4) is 0 Å². The summed E-state index contributed by atoms with van der Waals surface area (Å²) < 4.78 is 5.03. The van der Waals surface area contributed by atoms with Crippen LogP contribution in [0.2, 0.25) is 0 Å². The molecule has 130 valence electrons. The van der Waals surface area contributed by atoms with Gasteiger partial charge in [-0.25, -0.2) is 0 Å². The average molecular weight is 339 g/mol. The summed E-state index contributed by atoms with van der Waals surface area (Å²) >= 11 is 0. The summed E-state index contributed by atoms with van der Waals surface area (Å²) in [6, 6.07) is 15.7. The van der Waals surface area contributed by atoms with Crippen molar-refractivity contribution in [3.05, 3.63) is 65.7 Å². The largest absolute Gasteiger partial charge is 0.457 e. The SMILES string of the molecule is CC(C)C(=O)Nc1ccc(C(=O)COC(=O)Cc2ccccc2)cc1. The molecular weight excluding hydrogens is 318 g/mol. The number of hydrogen-bond acceptors (Lipinski definition) is 4. The zero-order valence-corrected chi connectivity index (χ0v) is 14.3. The molecule has 0 spiro atoms. The maximum absolute atomic E-state index is 12.1. The molecule has 0 atom stereocenters. The second kappa shape index (κ2) is 8.78. The molecule has 5 nitrogen and oxygen atoms in total. The summed E-state index contributed by atoms with van der Waals surface area (Å²) in [5, 5.41) is 2.75. The smallest absolute Gasteiger partial charge is 0.310 e. The number of carbonyl (C=O) groups is 3. The van der Waals surface area contributed by atoms with E-state index in [1.165, 1.54) is 0 Å². The Morgan fingerprint density at radius 1 is 0.960 bits per heavy atom. The highest BCUT2D eigenvalue weighted by Crippen LogP contribution is 2.12. The van der Waals surface area contributed by atoms with Crippen molar-refractivity contribution in [3.63, 3.8) is 0 Å². The molecule has 0 radical (unpaired) electrons. The Kier molecular flexibility index (Phi) is 6.46. The summed E-state index contributed by atoms with van der Waals surface area (Å²) in [5.41, 5.74) is 1.89. The Labute approximate surface area is 147 Å². The lowest BCUT2D eigenvalue weighted by Gasteiger charge is -2.08. The zero-order valence-electron chi connectivity index (χ0n) is 14.3. The lowest BCUT2D eigenvalue weighted by atomic mass is 10.1. The number of hydrogen-bond donors (Lipinski definition) is 1. The van der Waals surface area contributed by atoms with E-state index in [-0.39, 0.29) is 30.6 Å². The second-order valence-electron chi connectivity index (χ2n) is 5.97. The van der Waals surface area contributed by atoms with Crippen LogP contribution in [-0.2, 0) is 20.7 Å². The maximum atomic E-state index is 12.1. The van der Waals surface area contributed by atoms with E-state index in [1.807, 2.05) is 30.3 Å². The summed E-state index contributed by atoms with van der Waals surface area (Å²) in [4.78, 5) is 35.5. The molecule has 2 aromatic carbocycles. The number of anilines is 1. The van der Waals surface area contributed by atoms with E-state index in [0.717, 1.165) is 5.56 Å². The van der Waals surface area contributed by atoms with Crippen LogP contribution in [0.5, 0.6) is 0 Å². The normalized spacial score (nSPS) is 10.4. The van der Waals surface area contributed by atoms with Crippen LogP contribution >= 0.6 is 0 Å². The first-order valence-corrected chi connectivity index (χ1v) is 8.09. The van der Waals surface area contributed by atoms with Crippen LogP contribution in [-0.4, -0.2) is 24.3 Å². The number of carbonyl (C=O) groups excluding carboxylic acids is 3. The monoisotopic (exact) mass is 339 g/mol. The maximum Gasteiger partial charge on any atom is 0.310 e. The van der Waals surface area contributed by atoms with Crippen LogP contribution in [0, 0.1) is 5.92 Å². The minimum Gasteiger partial charge on any atom is -0.457 e. The standard InChI is InChI=1S/C20H21NO4/c1-14(2)20(24)21-17-10-8-16(9-11-17)18(22)13-25-19(23)12-15-6-4-3-5-7-15/h3-11,14H,12-13H2,1-2H3,(H,21,24). The van der Waals surface area contributed by atoms with Gasteiger partial charge in [0.2, 0.25) is 5.91 Å². The quantitative estimate of drug-likeness (QED) is 0.621. The number of rotatable bonds is 7. The summed E-state index contributed by atoms with van der Waals surface area (Å²) in [6.45, 7) is 3.30. The number of ketones is 1. The number of benzene rings is 2. The Hall–Kier alpha value is -2.95. The van der Waals surface area contributed by atoms with Crippen molar-refractivity contribution in [2.75, 3.05) is 11.9 Å². The third-order valence-corrected chi connectivity index (χ3v) is 3.55. The van der Waals surface area contributed by atoms with Crippen molar-refractivity contribution >= 4 is 23.3 Å². The molecule has 0 saturated carbocycles. The molecule has 2 rings (SSSR count). The molecule has 1 N–H and O–H groups in total. The number of amides is 1. The zero-order chi connectivity index (χ0) is 18.2. The minimum atomic E-state index is -0.444. The first-order chi connectivity index (χ1) is 12.0. The molecule has 0 aliphatic rings. The lowest BCUT2D eigenvalue weighted by Crippen LogP contribution is -2.18. The first-order valence-electron chi connectivity index (χ1n) is 8.09. The highest BCUT2D eigenvalue weighted by atomic mass is 16.5. The molecule has 25 heavy (non-hydrogen) atoms. The molecule has 0 aliphatic heterocycles. The van der Waals surface area contributed by atoms with Gasteiger partial charge in [-0.3, -0.25) is 14.4 Å². The minimum absolute atomic E-state index is 0.0890. The fourth-order valence-electron chi connectivity index (χ4n) is 2.07. The van der Waals surface area contributed by atoms with E-state index in [1.54, 1.807) is 38.1 Å². The van der Waals surface area contributed by atoms with Gasteiger partial charge in [-0.2, -0.15) is 0 Å². The highest BCUT2D eigenvalue weighted by Gasteiger charge is 2.12. The van der Waals surface area contributed by atoms with Gasteiger partial charge in [-0.15, -0.1) is 0 Å². The summed E-state index contributed by atoms with van der Waals surface area (Å²) in [7, 11) is 0. The van der Waals surface area contributed by atoms with E-state index < -0.39 is 5.97 Å². The second-order valence-corrected chi connectivity index (χ2v) is 5.97. The molecule has 0 aliphatic carbocycles. The van der Waals surface area contributed by atoms with E-state index >= 15 is 0 Å². The van der Waals surface area contributed by atoms with Crippen molar-refractivity contribution < 1.29 is 19.1 Å². The van der Waals surface area contributed by atoms with Crippen LogP contribution in [0.15, 0.2) is 54.6 Å². The number of nitrogens with one attached hydrogen (secondary N) is 1. The van der Waals surface area contributed by atoms with Gasteiger partial charge in [0.25, 0.3) is 0 Å². The molecule has 0 heterocycles. The molecule has 1 amide bonds. The Balaban J connectivity index is 1.84. The average Bonchev–Trinajstić information content (AvgIpc) is 2.61. The van der Waals surface area contributed by atoms with Gasteiger partial charge >= 0.3 is 5.97 Å². The topological polar surface area (TPSA) is 72.5 Å². The Morgan fingerprint density at radius 2 is 1.60 bits per heavy atom. The van der Waals surface area contributed by atoms with Crippen LogP contribution in [0.1, 0.15) is 29.8 Å². The molecule has 0 saturated heterocycles. The third-order valence-electron chi connectivity index (χ3n) is 3.55. The van der Waals surface area contributed by atoms with Crippen molar-refractivity contribution in [1.29, 1.82) is 0 Å². The van der Waals surface area contributed by atoms with Crippen molar-refractivity contribution in [1.82, 2.24) is 0 Å². The molecular formula is C20H21NO4. The third kappa shape index (κ3) is 5.88. The van der Waals surface area contributed by atoms with Gasteiger partial charge in [-0.1, -0.05) is 44.2 Å². The van der Waals surface area contributed by atoms with Gasteiger partial charge in [0.05, 0.1) is 6.42 Å². The molecule has 0 bridgehead atoms. The van der Waals surface area contributed by atoms with E-state index in [2.05, 4.69) is 5.32 Å². The van der Waals surface area contributed by atoms with Crippen molar-refractivity contribution in [2.45, 2.75) is 20.3 Å². The van der Waals surface area contributed by atoms with Crippen LogP contribution < -0.4 is 5.32 Å². The van der Waals surface area contributed by atoms with Gasteiger partial charge in [0.15, 0.2) is 12.4 Å². The number of esters is 1. The highest BCUT2D eigenvalue weighted by molar-refractivity contribution is 5.99. The summed E-state index contributed by atoms with van der Waals surface area (Å²) in [6.07, 6.45) is 0.133. The molecule has 0 unspecified atom stereocenters. The van der Waals surface area contributed by atoms with Gasteiger partial charge in [0.1, 0.15) is 0 Å². The molecule has 5 heteroatoms. The Bertz CT molecular complexity index is 736. The fraction of sp³-hybridized carbons (Fsp3) is 0.250. The van der Waals surface area contributed by atoms with E-state index in [0.29, 0.717) is 11.3 Å². The van der Waals surface area contributed by atoms with Gasteiger partial charge in [0, 0.05) is 17.2 Å². The predicted molar refractivity (Wildman–Crippen MR) is 95.3 cm³/mol. The molecule has 2 aromatic rings. The van der Waals surface area contributed by atoms with Crippen LogP contribution in [0.3, 0.4) is 0 Å². The molecule has 0 aromatic heterocycles. The lowest BCUT2D eigenvalue weighted by molar-refractivity contribution is -0.141. The predicted octanol–water partition coefficient (Wildman–Crippen LogP) is 3.25. The van der Waals surface area contributed by atoms with Crippen LogP contribution in [0.25, 0.3) is 0 Å². The van der Waals surface area contributed by atoms with Gasteiger partial charge in [-0.05, 0) is 29.8 Å². The number of ether oxygens (including phenoxy) is 1. The fourth-order valence-corrected chi connectivity index (χ4v) is 2.07. The number of Topliss-reactive ketones (excluding diaryl/α,β-unsaturated/α-hetero) is 1. The van der Waals surface area contributed by atoms with E-state index in [9.17, 15) is 14.4 Å². The molecule has 0 fully saturated rings. The first kappa shape index (κ1) is 18.4. The van der Waals surface area contributed by atoms with Crippen molar-refractivity contribution in [2.24, 2.45) is 5.92 Å². The van der Waals surface area contributed by atoms with Gasteiger partial charge < -0.3 is 10.1 Å².